The van der Waals surface area contributed by atoms with E-state index < -0.39 is 0 Å². The average Bonchev–Trinajstić information content (AvgIpc) is 2.18. The predicted octanol–water partition coefficient (Wildman–Crippen LogP) is 1.49. The van der Waals surface area contributed by atoms with Gasteiger partial charge in [0.25, 0.3) is 0 Å². The smallest absolute Gasteiger partial charge is 0.330 e. The molecule has 4 nitrogen and oxygen atoms in total. The van der Waals surface area contributed by atoms with Crippen molar-refractivity contribution in [3.8, 4) is 0 Å². The molecule has 1 atom stereocenters. The minimum atomic E-state index is -0.316. The molecule has 1 unspecified atom stereocenters. The van der Waals surface area contributed by atoms with Crippen LogP contribution < -0.4 is 0 Å². The molecule has 1 aliphatic rings. The molecule has 0 aromatic heterocycles. The van der Waals surface area contributed by atoms with Crippen LogP contribution in [0.15, 0.2) is 11.6 Å². The lowest BCUT2D eigenvalue weighted by molar-refractivity contribution is -0.138. The number of rotatable bonds is 5. The third-order valence-electron chi connectivity index (χ3n) is 2.49. The molecule has 0 amide bonds. The summed E-state index contributed by atoms with van der Waals surface area (Å²) < 4.78 is 4.76. The molecule has 0 aromatic carbocycles. The molecule has 0 spiro atoms. The third kappa shape index (κ3) is 3.65. The molecular formula is C11H15NO3. The highest BCUT2D eigenvalue weighted by Gasteiger charge is 2.14. The standard InChI is InChI=1S/C11H15NO3/c1-8(13)10(7-12)3-2-9-4-5-15-11(14)6-9/h6-7,10,12H,2-5H2,1H3. The van der Waals surface area contributed by atoms with Crippen LogP contribution in [0.1, 0.15) is 26.2 Å². The summed E-state index contributed by atoms with van der Waals surface area (Å²) in [6.45, 7) is 1.92. The summed E-state index contributed by atoms with van der Waals surface area (Å²) in [6.07, 6.45) is 4.70. The van der Waals surface area contributed by atoms with E-state index in [0.29, 0.717) is 19.4 Å². The maximum absolute atomic E-state index is 11.0. The summed E-state index contributed by atoms with van der Waals surface area (Å²) in [5.74, 6) is -0.613. The first-order chi connectivity index (χ1) is 7.13. The van der Waals surface area contributed by atoms with Crippen molar-refractivity contribution in [2.45, 2.75) is 26.2 Å². The van der Waals surface area contributed by atoms with Gasteiger partial charge in [0.15, 0.2) is 0 Å². The number of nitrogens with one attached hydrogen (secondary N) is 1. The van der Waals surface area contributed by atoms with Gasteiger partial charge in [-0.25, -0.2) is 4.79 Å². The Balaban J connectivity index is 2.45. The van der Waals surface area contributed by atoms with Crippen molar-refractivity contribution in [2.24, 2.45) is 5.92 Å². The molecule has 0 radical (unpaired) electrons. The number of carbonyl (C=O) groups is 2. The summed E-state index contributed by atoms with van der Waals surface area (Å²) in [6, 6.07) is 0. The van der Waals surface area contributed by atoms with Crippen molar-refractivity contribution in [3.63, 3.8) is 0 Å². The van der Waals surface area contributed by atoms with E-state index >= 15 is 0 Å². The van der Waals surface area contributed by atoms with Crippen molar-refractivity contribution < 1.29 is 14.3 Å². The summed E-state index contributed by atoms with van der Waals surface area (Å²) in [5.41, 5.74) is 1.01. The second-order valence-electron chi connectivity index (χ2n) is 3.64. The van der Waals surface area contributed by atoms with Crippen LogP contribution in [0.2, 0.25) is 0 Å². The van der Waals surface area contributed by atoms with Gasteiger partial charge in [0.05, 0.1) is 12.5 Å². The quantitative estimate of drug-likeness (QED) is 0.551. The fourth-order valence-electron chi connectivity index (χ4n) is 1.51. The number of ketones is 1. The Kier molecular flexibility index (Phi) is 4.21. The average molecular weight is 209 g/mol. The van der Waals surface area contributed by atoms with Gasteiger partial charge in [0, 0.05) is 18.7 Å². The number of hydrogen-bond donors (Lipinski definition) is 1. The highest BCUT2D eigenvalue weighted by molar-refractivity contribution is 5.92. The van der Waals surface area contributed by atoms with Gasteiger partial charge in [-0.3, -0.25) is 4.79 Å². The molecule has 4 heteroatoms. The van der Waals surface area contributed by atoms with E-state index in [0.717, 1.165) is 12.0 Å². The fourth-order valence-corrected chi connectivity index (χ4v) is 1.51. The van der Waals surface area contributed by atoms with E-state index in [2.05, 4.69) is 0 Å². The van der Waals surface area contributed by atoms with Gasteiger partial charge in [0.1, 0.15) is 5.78 Å². The van der Waals surface area contributed by atoms with E-state index in [4.69, 9.17) is 10.1 Å². The number of carbonyl (C=O) groups excluding carboxylic acids is 2. The number of cyclic esters (lactones) is 1. The normalized spacial score (nSPS) is 17.7. The number of Topliss-reactive ketones (excluding diaryl/α,β-unsaturated/α-hetero) is 1. The summed E-state index contributed by atoms with van der Waals surface area (Å²) in [4.78, 5) is 22.0. The Morgan fingerprint density at radius 3 is 3.00 bits per heavy atom. The van der Waals surface area contributed by atoms with Gasteiger partial charge >= 0.3 is 5.97 Å². The van der Waals surface area contributed by atoms with Gasteiger partial charge < -0.3 is 10.1 Å². The van der Waals surface area contributed by atoms with Crippen molar-refractivity contribution in [2.75, 3.05) is 6.61 Å². The van der Waals surface area contributed by atoms with Gasteiger partial charge in [-0.1, -0.05) is 5.57 Å². The molecule has 1 N–H and O–H groups in total. The Hall–Kier alpha value is -1.45. The third-order valence-corrected chi connectivity index (χ3v) is 2.49. The van der Waals surface area contributed by atoms with Gasteiger partial charge in [-0.15, -0.1) is 0 Å². The molecular weight excluding hydrogens is 194 g/mol. The first-order valence-corrected chi connectivity index (χ1v) is 5.00. The van der Waals surface area contributed by atoms with Crippen molar-refractivity contribution in [1.29, 1.82) is 5.41 Å². The minimum Gasteiger partial charge on any atom is -0.462 e. The summed E-state index contributed by atoms with van der Waals surface area (Å²) in [7, 11) is 0. The van der Waals surface area contributed by atoms with Gasteiger partial charge in [0.2, 0.25) is 0 Å². The van der Waals surface area contributed by atoms with Crippen molar-refractivity contribution >= 4 is 18.0 Å². The van der Waals surface area contributed by atoms with Crippen LogP contribution in [0, 0.1) is 11.3 Å². The van der Waals surface area contributed by atoms with Crippen LogP contribution in [0.25, 0.3) is 0 Å². The van der Waals surface area contributed by atoms with Crippen molar-refractivity contribution in [1.82, 2.24) is 0 Å². The van der Waals surface area contributed by atoms with Gasteiger partial charge in [-0.2, -0.15) is 0 Å². The molecule has 82 valence electrons. The van der Waals surface area contributed by atoms with E-state index in [-0.39, 0.29) is 17.7 Å². The molecule has 1 aliphatic heterocycles. The summed E-state index contributed by atoms with van der Waals surface area (Å²) >= 11 is 0. The van der Waals surface area contributed by atoms with Crippen LogP contribution in [0.3, 0.4) is 0 Å². The Morgan fingerprint density at radius 2 is 2.47 bits per heavy atom. The maximum Gasteiger partial charge on any atom is 0.330 e. The lowest BCUT2D eigenvalue weighted by Crippen LogP contribution is -2.14. The molecule has 1 rings (SSSR count). The van der Waals surface area contributed by atoms with E-state index in [1.807, 2.05) is 0 Å². The monoisotopic (exact) mass is 209 g/mol. The molecule has 0 aliphatic carbocycles. The van der Waals surface area contributed by atoms with E-state index in [1.165, 1.54) is 19.2 Å². The second-order valence-corrected chi connectivity index (χ2v) is 3.64. The van der Waals surface area contributed by atoms with Crippen LogP contribution >= 0.6 is 0 Å². The lowest BCUT2D eigenvalue weighted by Gasteiger charge is -2.14. The fraction of sp³-hybridized carbons (Fsp3) is 0.545. The largest absolute Gasteiger partial charge is 0.462 e. The topological polar surface area (TPSA) is 67.2 Å². The zero-order valence-electron chi connectivity index (χ0n) is 8.79. The number of ether oxygens (including phenoxy) is 1. The summed E-state index contributed by atoms with van der Waals surface area (Å²) in [5, 5.41) is 7.09. The highest BCUT2D eigenvalue weighted by atomic mass is 16.5. The zero-order valence-corrected chi connectivity index (χ0v) is 8.79. The van der Waals surface area contributed by atoms with Crippen molar-refractivity contribution in [3.05, 3.63) is 11.6 Å². The minimum absolute atomic E-state index is 0.00369. The predicted molar refractivity (Wildman–Crippen MR) is 55.8 cm³/mol. The number of hydrogen-bond acceptors (Lipinski definition) is 4. The van der Waals surface area contributed by atoms with Crippen LogP contribution in [-0.4, -0.2) is 24.6 Å². The first-order valence-electron chi connectivity index (χ1n) is 5.00. The maximum atomic E-state index is 11.0. The Labute approximate surface area is 88.8 Å². The van der Waals surface area contributed by atoms with Crippen LogP contribution in [0.4, 0.5) is 0 Å². The Morgan fingerprint density at radius 1 is 1.73 bits per heavy atom. The number of esters is 1. The molecule has 15 heavy (non-hydrogen) atoms. The highest BCUT2D eigenvalue weighted by Crippen LogP contribution is 2.17. The molecule has 0 saturated heterocycles. The lowest BCUT2D eigenvalue weighted by atomic mass is 9.95. The SMILES string of the molecule is CC(=O)C(C=N)CCC1=CC(=O)OCC1. The van der Waals surface area contributed by atoms with E-state index in [1.54, 1.807) is 0 Å². The van der Waals surface area contributed by atoms with Crippen LogP contribution in [0.5, 0.6) is 0 Å². The molecule has 0 bridgehead atoms. The van der Waals surface area contributed by atoms with Gasteiger partial charge in [-0.05, 0) is 19.8 Å². The zero-order chi connectivity index (χ0) is 11.3. The first kappa shape index (κ1) is 11.6. The Bertz CT molecular complexity index is 307. The molecule has 0 saturated carbocycles. The molecule has 1 heterocycles. The second kappa shape index (κ2) is 5.44. The molecule has 0 fully saturated rings. The molecule has 0 aromatic rings. The van der Waals surface area contributed by atoms with Crippen LogP contribution in [-0.2, 0) is 14.3 Å². The van der Waals surface area contributed by atoms with E-state index in [9.17, 15) is 9.59 Å².